The molecule has 1 aromatic heterocycles. The summed E-state index contributed by atoms with van der Waals surface area (Å²) in [5.74, 6) is 0.208. The first-order valence-corrected chi connectivity index (χ1v) is 11.1. The van der Waals surface area contributed by atoms with E-state index in [9.17, 15) is 9.18 Å². The number of halogens is 1. The highest BCUT2D eigenvalue weighted by molar-refractivity contribution is 8.00. The summed E-state index contributed by atoms with van der Waals surface area (Å²) in [6.07, 6.45) is 2.02. The molecule has 0 saturated carbocycles. The minimum atomic E-state index is -0.280. The van der Waals surface area contributed by atoms with Crippen LogP contribution in [0.2, 0.25) is 0 Å². The fraction of sp³-hybridized carbons (Fsp3) is 0.120. The molecule has 4 aromatic rings. The van der Waals surface area contributed by atoms with Crippen LogP contribution in [-0.2, 0) is 11.3 Å². The van der Waals surface area contributed by atoms with E-state index in [1.54, 1.807) is 23.9 Å². The fourth-order valence-electron chi connectivity index (χ4n) is 3.77. The van der Waals surface area contributed by atoms with E-state index in [0.717, 1.165) is 28.1 Å². The average Bonchev–Trinajstić information content (AvgIpc) is 3.41. The Morgan fingerprint density at radius 1 is 0.935 bits per heavy atom. The second-order valence-corrected chi connectivity index (χ2v) is 8.46. The van der Waals surface area contributed by atoms with Gasteiger partial charge in [-0.05, 0) is 29.8 Å². The monoisotopic (exact) mass is 429 g/mol. The summed E-state index contributed by atoms with van der Waals surface area (Å²) in [7, 11) is 0. The molecule has 0 bridgehead atoms. The third-order valence-corrected chi connectivity index (χ3v) is 6.55. The van der Waals surface area contributed by atoms with Crippen LogP contribution in [0, 0.1) is 5.82 Å². The van der Waals surface area contributed by atoms with Crippen molar-refractivity contribution in [1.29, 1.82) is 0 Å². The predicted molar refractivity (Wildman–Crippen MR) is 121 cm³/mol. The molecular weight excluding hydrogens is 409 g/mol. The molecule has 1 aliphatic rings. The van der Waals surface area contributed by atoms with Gasteiger partial charge in [-0.1, -0.05) is 60.7 Å². The number of thioether (sulfide) groups is 1. The summed E-state index contributed by atoms with van der Waals surface area (Å²) in [5, 5.41) is 4.73. The van der Waals surface area contributed by atoms with E-state index >= 15 is 0 Å². The molecular formula is C25H20FN3OS. The molecule has 31 heavy (non-hydrogen) atoms. The molecule has 6 heteroatoms. The van der Waals surface area contributed by atoms with Crippen molar-refractivity contribution in [2.45, 2.75) is 11.9 Å². The van der Waals surface area contributed by atoms with Crippen molar-refractivity contribution >= 4 is 17.7 Å². The summed E-state index contributed by atoms with van der Waals surface area (Å²) in [4.78, 5) is 14.6. The third-order valence-electron chi connectivity index (χ3n) is 5.31. The molecule has 1 fully saturated rings. The second kappa shape index (κ2) is 8.40. The van der Waals surface area contributed by atoms with Gasteiger partial charge in [0.2, 0.25) is 5.91 Å². The number of aromatic nitrogens is 2. The zero-order valence-electron chi connectivity index (χ0n) is 16.7. The van der Waals surface area contributed by atoms with Crippen molar-refractivity contribution in [3.63, 3.8) is 0 Å². The highest BCUT2D eigenvalue weighted by Gasteiger charge is 2.35. The highest BCUT2D eigenvalue weighted by Crippen LogP contribution is 2.43. The standard InChI is InChI=1S/C25H20FN3OS/c26-20-13-11-18(12-14-20)15-28-23(30)17-31-25(28)22-16-29(21-9-5-2-6-10-21)27-24(22)19-7-3-1-4-8-19/h1-14,16,25H,15,17H2/t25-/m1/s1. The summed E-state index contributed by atoms with van der Waals surface area (Å²) < 4.78 is 15.2. The van der Waals surface area contributed by atoms with E-state index in [1.165, 1.54) is 12.1 Å². The van der Waals surface area contributed by atoms with Crippen molar-refractivity contribution in [3.8, 4) is 16.9 Å². The molecule has 0 aliphatic carbocycles. The van der Waals surface area contributed by atoms with Crippen molar-refractivity contribution in [3.05, 3.63) is 108 Å². The van der Waals surface area contributed by atoms with Crippen LogP contribution < -0.4 is 0 Å². The number of carbonyl (C=O) groups excluding carboxylic acids is 1. The van der Waals surface area contributed by atoms with E-state index < -0.39 is 0 Å². The normalized spacial score (nSPS) is 16.1. The number of rotatable bonds is 5. The topological polar surface area (TPSA) is 38.1 Å². The Kier molecular flexibility index (Phi) is 5.30. The molecule has 1 aliphatic heterocycles. The van der Waals surface area contributed by atoms with Gasteiger partial charge in [-0.2, -0.15) is 5.10 Å². The Bertz CT molecular complexity index is 1190. The van der Waals surface area contributed by atoms with Gasteiger partial charge in [0.1, 0.15) is 11.2 Å². The van der Waals surface area contributed by atoms with Crippen LogP contribution in [-0.4, -0.2) is 26.3 Å². The maximum Gasteiger partial charge on any atom is 0.234 e. The van der Waals surface area contributed by atoms with Crippen LogP contribution >= 0.6 is 11.8 Å². The molecule has 0 unspecified atom stereocenters. The summed E-state index contributed by atoms with van der Waals surface area (Å²) >= 11 is 1.60. The first kappa shape index (κ1) is 19.6. The second-order valence-electron chi connectivity index (χ2n) is 7.39. The average molecular weight is 430 g/mol. The van der Waals surface area contributed by atoms with Crippen LogP contribution in [0.4, 0.5) is 4.39 Å². The summed E-state index contributed by atoms with van der Waals surface area (Å²) in [5.41, 5.74) is 4.73. The van der Waals surface area contributed by atoms with E-state index in [2.05, 4.69) is 0 Å². The third kappa shape index (κ3) is 3.99. The molecule has 2 heterocycles. The Morgan fingerprint density at radius 2 is 1.61 bits per heavy atom. The van der Waals surface area contributed by atoms with Gasteiger partial charge in [0.05, 0.1) is 17.1 Å². The molecule has 3 aromatic carbocycles. The lowest BCUT2D eigenvalue weighted by Gasteiger charge is -2.24. The molecule has 1 saturated heterocycles. The number of benzene rings is 3. The molecule has 0 spiro atoms. The molecule has 1 amide bonds. The van der Waals surface area contributed by atoms with E-state index in [4.69, 9.17) is 5.10 Å². The number of hydrogen-bond acceptors (Lipinski definition) is 3. The number of carbonyl (C=O) groups is 1. The lowest BCUT2D eigenvalue weighted by atomic mass is 10.1. The first-order valence-electron chi connectivity index (χ1n) is 10.0. The molecule has 1 atom stereocenters. The van der Waals surface area contributed by atoms with Gasteiger partial charge < -0.3 is 4.90 Å². The largest absolute Gasteiger partial charge is 0.321 e. The molecule has 0 N–H and O–H groups in total. The lowest BCUT2D eigenvalue weighted by molar-refractivity contribution is -0.128. The molecule has 4 nitrogen and oxygen atoms in total. The van der Waals surface area contributed by atoms with E-state index in [0.29, 0.717) is 12.3 Å². The van der Waals surface area contributed by atoms with Crippen molar-refractivity contribution < 1.29 is 9.18 Å². The van der Waals surface area contributed by atoms with Gasteiger partial charge in [-0.25, -0.2) is 9.07 Å². The van der Waals surface area contributed by atoms with Crippen molar-refractivity contribution in [2.75, 3.05) is 5.75 Å². The number of nitrogens with zero attached hydrogens (tertiary/aromatic N) is 3. The zero-order valence-corrected chi connectivity index (χ0v) is 17.5. The Hall–Kier alpha value is -3.38. The highest BCUT2D eigenvalue weighted by atomic mass is 32.2. The van der Waals surface area contributed by atoms with E-state index in [-0.39, 0.29) is 17.1 Å². The SMILES string of the molecule is O=C1CS[C@H](c2cn(-c3ccccc3)nc2-c2ccccc2)N1Cc1ccc(F)cc1. The summed E-state index contributed by atoms with van der Waals surface area (Å²) in [6.45, 7) is 0.432. The predicted octanol–water partition coefficient (Wildman–Crippen LogP) is 5.45. The van der Waals surface area contributed by atoms with Crippen LogP contribution in [0.25, 0.3) is 16.9 Å². The quantitative estimate of drug-likeness (QED) is 0.423. The molecule has 154 valence electrons. The van der Waals surface area contributed by atoms with Crippen LogP contribution in [0.3, 0.4) is 0 Å². The van der Waals surface area contributed by atoms with Gasteiger partial charge in [-0.3, -0.25) is 4.79 Å². The summed E-state index contributed by atoms with van der Waals surface area (Å²) in [6, 6.07) is 26.3. The van der Waals surface area contributed by atoms with Crippen LogP contribution in [0.15, 0.2) is 91.1 Å². The fourth-order valence-corrected chi connectivity index (χ4v) is 4.96. The van der Waals surface area contributed by atoms with Gasteiger partial charge in [0.15, 0.2) is 0 Å². The van der Waals surface area contributed by atoms with Crippen LogP contribution in [0.5, 0.6) is 0 Å². The maximum atomic E-state index is 13.3. The van der Waals surface area contributed by atoms with Crippen LogP contribution in [0.1, 0.15) is 16.5 Å². The Labute approximate surface area is 184 Å². The Morgan fingerprint density at radius 3 is 2.32 bits per heavy atom. The zero-order chi connectivity index (χ0) is 21.2. The van der Waals surface area contributed by atoms with E-state index in [1.807, 2.05) is 76.4 Å². The van der Waals surface area contributed by atoms with Gasteiger partial charge in [-0.15, -0.1) is 11.8 Å². The maximum absolute atomic E-state index is 13.3. The number of amides is 1. The number of hydrogen-bond donors (Lipinski definition) is 0. The minimum absolute atomic E-state index is 0.0748. The molecule has 5 rings (SSSR count). The van der Waals surface area contributed by atoms with Gasteiger partial charge in [0.25, 0.3) is 0 Å². The number of para-hydroxylation sites is 1. The van der Waals surface area contributed by atoms with Crippen molar-refractivity contribution in [1.82, 2.24) is 14.7 Å². The smallest absolute Gasteiger partial charge is 0.234 e. The minimum Gasteiger partial charge on any atom is -0.321 e. The Balaban J connectivity index is 1.56. The van der Waals surface area contributed by atoms with Gasteiger partial charge in [0, 0.05) is 23.9 Å². The first-order chi connectivity index (χ1) is 15.2. The lowest BCUT2D eigenvalue weighted by Crippen LogP contribution is -2.27. The van der Waals surface area contributed by atoms with Gasteiger partial charge >= 0.3 is 0 Å². The van der Waals surface area contributed by atoms with Crippen molar-refractivity contribution in [2.24, 2.45) is 0 Å². The molecule has 0 radical (unpaired) electrons.